The first-order chi connectivity index (χ1) is 9.33. The Kier molecular flexibility index (Phi) is 8.14. The highest BCUT2D eigenvalue weighted by Gasteiger charge is 2.19. The first-order valence-electron chi connectivity index (χ1n) is 6.90. The number of halogens is 1. The number of carbonyl (C=O) groups excluding carboxylic acids is 1. The number of carbonyl (C=O) groups is 1. The molecule has 0 unspecified atom stereocenters. The smallest absolute Gasteiger partial charge is 0.252 e. The van der Waals surface area contributed by atoms with E-state index in [1.807, 2.05) is 5.38 Å². The minimum atomic E-state index is 0. The van der Waals surface area contributed by atoms with Crippen molar-refractivity contribution in [2.75, 3.05) is 33.4 Å². The topological polar surface area (TPSA) is 50.4 Å². The molecule has 1 heterocycles. The van der Waals surface area contributed by atoms with Gasteiger partial charge in [0.15, 0.2) is 0 Å². The van der Waals surface area contributed by atoms with Crippen LogP contribution in [0.3, 0.4) is 0 Å². The van der Waals surface area contributed by atoms with Crippen LogP contribution in [0.5, 0.6) is 0 Å². The van der Waals surface area contributed by atoms with Gasteiger partial charge >= 0.3 is 0 Å². The SMILES string of the molecule is COCCNCCNC(=O)c1csc2c1CCCC2.Cl. The zero-order chi connectivity index (χ0) is 13.5. The molecule has 0 spiro atoms. The number of amides is 1. The molecule has 20 heavy (non-hydrogen) atoms. The highest BCUT2D eigenvalue weighted by molar-refractivity contribution is 7.10. The van der Waals surface area contributed by atoms with E-state index in [1.54, 1.807) is 18.4 Å². The van der Waals surface area contributed by atoms with Gasteiger partial charge < -0.3 is 15.4 Å². The van der Waals surface area contributed by atoms with Gasteiger partial charge in [-0.25, -0.2) is 0 Å². The van der Waals surface area contributed by atoms with E-state index in [0.29, 0.717) is 13.2 Å². The lowest BCUT2D eigenvalue weighted by Gasteiger charge is -2.12. The zero-order valence-electron chi connectivity index (χ0n) is 11.9. The van der Waals surface area contributed by atoms with E-state index in [0.717, 1.165) is 31.5 Å². The van der Waals surface area contributed by atoms with E-state index < -0.39 is 0 Å². The molecule has 1 amide bonds. The second kappa shape index (κ2) is 9.34. The van der Waals surface area contributed by atoms with Crippen molar-refractivity contribution in [3.05, 3.63) is 21.4 Å². The third-order valence-electron chi connectivity index (χ3n) is 3.38. The van der Waals surface area contributed by atoms with Gasteiger partial charge in [-0.1, -0.05) is 0 Å². The summed E-state index contributed by atoms with van der Waals surface area (Å²) in [6, 6.07) is 0. The maximum Gasteiger partial charge on any atom is 0.252 e. The number of rotatable bonds is 7. The van der Waals surface area contributed by atoms with Gasteiger partial charge in [-0.3, -0.25) is 4.79 Å². The molecule has 0 aromatic carbocycles. The van der Waals surface area contributed by atoms with Crippen LogP contribution in [0.15, 0.2) is 5.38 Å². The van der Waals surface area contributed by atoms with E-state index in [9.17, 15) is 4.79 Å². The summed E-state index contributed by atoms with van der Waals surface area (Å²) in [6.07, 6.45) is 4.68. The van der Waals surface area contributed by atoms with Crippen molar-refractivity contribution < 1.29 is 9.53 Å². The fourth-order valence-corrected chi connectivity index (χ4v) is 3.47. The summed E-state index contributed by atoms with van der Waals surface area (Å²) >= 11 is 1.74. The zero-order valence-corrected chi connectivity index (χ0v) is 13.5. The fraction of sp³-hybridized carbons (Fsp3) is 0.643. The number of thiophene rings is 1. The number of methoxy groups -OCH3 is 1. The van der Waals surface area contributed by atoms with Crippen molar-refractivity contribution in [2.24, 2.45) is 0 Å². The molecule has 1 aromatic heterocycles. The highest BCUT2D eigenvalue weighted by atomic mass is 35.5. The number of hydrogen-bond acceptors (Lipinski definition) is 4. The van der Waals surface area contributed by atoms with Gasteiger partial charge in [0.2, 0.25) is 0 Å². The van der Waals surface area contributed by atoms with Gasteiger partial charge in [0.25, 0.3) is 5.91 Å². The molecule has 2 N–H and O–H groups in total. The van der Waals surface area contributed by atoms with Crippen LogP contribution in [0.1, 0.15) is 33.6 Å². The summed E-state index contributed by atoms with van der Waals surface area (Å²) in [6.45, 7) is 2.96. The Morgan fingerprint density at radius 3 is 2.90 bits per heavy atom. The first kappa shape index (κ1) is 17.4. The molecule has 4 nitrogen and oxygen atoms in total. The number of aryl methyl sites for hydroxylation is 1. The molecule has 114 valence electrons. The average molecular weight is 319 g/mol. The summed E-state index contributed by atoms with van der Waals surface area (Å²) in [4.78, 5) is 13.5. The monoisotopic (exact) mass is 318 g/mol. The average Bonchev–Trinajstić information content (AvgIpc) is 2.86. The molecule has 2 rings (SSSR count). The van der Waals surface area contributed by atoms with Crippen LogP contribution in [-0.2, 0) is 17.6 Å². The molecule has 0 aliphatic heterocycles. The summed E-state index contributed by atoms with van der Waals surface area (Å²) in [5.74, 6) is 0.0768. The molecule has 0 fully saturated rings. The largest absolute Gasteiger partial charge is 0.383 e. The molecule has 0 atom stereocenters. The van der Waals surface area contributed by atoms with Crippen molar-refractivity contribution in [3.8, 4) is 0 Å². The Morgan fingerprint density at radius 2 is 2.10 bits per heavy atom. The lowest BCUT2D eigenvalue weighted by molar-refractivity contribution is 0.0953. The van der Waals surface area contributed by atoms with Crippen LogP contribution < -0.4 is 10.6 Å². The molecular formula is C14H23ClN2O2S. The van der Waals surface area contributed by atoms with Crippen molar-refractivity contribution in [2.45, 2.75) is 25.7 Å². The van der Waals surface area contributed by atoms with Crippen molar-refractivity contribution >= 4 is 29.7 Å². The normalized spacial score (nSPS) is 13.4. The van der Waals surface area contributed by atoms with E-state index in [2.05, 4.69) is 10.6 Å². The van der Waals surface area contributed by atoms with Crippen LogP contribution in [-0.4, -0.2) is 39.3 Å². The predicted octanol–water partition coefficient (Wildman–Crippen LogP) is 2.01. The number of nitrogens with one attached hydrogen (secondary N) is 2. The molecular weight excluding hydrogens is 296 g/mol. The number of ether oxygens (including phenoxy) is 1. The van der Waals surface area contributed by atoms with Crippen LogP contribution in [0.2, 0.25) is 0 Å². The standard InChI is InChI=1S/C14H22N2O2S.ClH/c1-18-9-8-15-6-7-16-14(17)12-10-19-13-5-3-2-4-11(12)13;/h10,15H,2-9H2,1H3,(H,16,17);1H. The lowest BCUT2D eigenvalue weighted by Crippen LogP contribution is -2.33. The molecule has 1 aromatic rings. The highest BCUT2D eigenvalue weighted by Crippen LogP contribution is 2.29. The van der Waals surface area contributed by atoms with Gasteiger partial charge in [0.1, 0.15) is 0 Å². The van der Waals surface area contributed by atoms with E-state index in [1.165, 1.54) is 23.3 Å². The second-order valence-electron chi connectivity index (χ2n) is 4.76. The van der Waals surface area contributed by atoms with Crippen molar-refractivity contribution in [1.29, 1.82) is 0 Å². The lowest BCUT2D eigenvalue weighted by atomic mass is 9.96. The van der Waals surface area contributed by atoms with Gasteiger partial charge in [-0.2, -0.15) is 0 Å². The second-order valence-corrected chi connectivity index (χ2v) is 5.72. The van der Waals surface area contributed by atoms with E-state index in [-0.39, 0.29) is 18.3 Å². The third-order valence-corrected chi connectivity index (χ3v) is 4.46. The first-order valence-corrected chi connectivity index (χ1v) is 7.78. The van der Waals surface area contributed by atoms with Crippen molar-refractivity contribution in [3.63, 3.8) is 0 Å². The van der Waals surface area contributed by atoms with Gasteiger partial charge in [0.05, 0.1) is 12.2 Å². The Bertz CT molecular complexity index is 423. The summed E-state index contributed by atoms with van der Waals surface area (Å²) in [5.41, 5.74) is 2.19. The Hall–Kier alpha value is -0.620. The molecule has 1 aliphatic carbocycles. The summed E-state index contributed by atoms with van der Waals surface area (Å²) < 4.78 is 4.94. The Morgan fingerprint density at radius 1 is 1.30 bits per heavy atom. The van der Waals surface area contributed by atoms with E-state index in [4.69, 9.17) is 4.74 Å². The number of hydrogen-bond donors (Lipinski definition) is 2. The minimum absolute atomic E-state index is 0. The molecule has 0 saturated heterocycles. The maximum atomic E-state index is 12.1. The molecule has 6 heteroatoms. The maximum absolute atomic E-state index is 12.1. The predicted molar refractivity (Wildman–Crippen MR) is 85.3 cm³/mol. The van der Waals surface area contributed by atoms with Crippen molar-refractivity contribution in [1.82, 2.24) is 10.6 Å². The quantitative estimate of drug-likeness (QED) is 0.756. The Balaban J connectivity index is 0.00000200. The van der Waals surface area contributed by atoms with Crippen LogP contribution in [0, 0.1) is 0 Å². The molecule has 1 aliphatic rings. The van der Waals surface area contributed by atoms with Crippen LogP contribution in [0.4, 0.5) is 0 Å². The van der Waals surface area contributed by atoms with Crippen LogP contribution in [0.25, 0.3) is 0 Å². The van der Waals surface area contributed by atoms with Gasteiger partial charge in [-0.05, 0) is 31.2 Å². The number of fused-ring (bicyclic) bond motifs is 1. The van der Waals surface area contributed by atoms with Crippen LogP contribution >= 0.6 is 23.7 Å². The summed E-state index contributed by atoms with van der Waals surface area (Å²) in [5, 5.41) is 8.21. The fourth-order valence-electron chi connectivity index (χ4n) is 2.34. The molecule has 0 bridgehead atoms. The van der Waals surface area contributed by atoms with Gasteiger partial charge in [-0.15, -0.1) is 23.7 Å². The Labute approximate surface area is 130 Å². The van der Waals surface area contributed by atoms with Gasteiger partial charge in [0, 0.05) is 37.0 Å². The molecule has 0 saturated carbocycles. The third kappa shape index (κ3) is 4.74. The minimum Gasteiger partial charge on any atom is -0.383 e. The van der Waals surface area contributed by atoms with E-state index >= 15 is 0 Å². The summed E-state index contributed by atoms with van der Waals surface area (Å²) in [7, 11) is 1.68. The molecule has 0 radical (unpaired) electrons.